The Labute approximate surface area is 205 Å². The maximum Gasteiger partial charge on any atom is 0.217 e. The number of fused-ring (bicyclic) bond motifs is 2. The first-order chi connectivity index (χ1) is 16.2. The second kappa shape index (κ2) is 8.67. The van der Waals surface area contributed by atoms with Crippen molar-refractivity contribution in [1.29, 1.82) is 0 Å². The third-order valence-corrected chi connectivity index (χ3v) is 7.58. The Morgan fingerprint density at radius 2 is 1.88 bits per heavy atom. The van der Waals surface area contributed by atoms with E-state index in [1.165, 1.54) is 28.0 Å². The minimum atomic E-state index is -1.27. The molecule has 0 radical (unpaired) electrons. The molecule has 1 aliphatic rings. The number of nitrogens with zero attached hydrogens (tertiary/aromatic N) is 8. The Morgan fingerprint density at radius 3 is 2.59 bits per heavy atom. The highest BCUT2D eigenvalue weighted by Gasteiger charge is 2.26. The zero-order chi connectivity index (χ0) is 24.0. The van der Waals surface area contributed by atoms with Crippen LogP contribution in [0.15, 0.2) is 40.4 Å². The molecule has 0 aliphatic carbocycles. The van der Waals surface area contributed by atoms with Crippen LogP contribution in [0.25, 0.3) is 15.9 Å². The topological polar surface area (TPSA) is 106 Å². The van der Waals surface area contributed by atoms with E-state index in [0.29, 0.717) is 15.9 Å². The minimum absolute atomic E-state index is 0.399. The molecule has 1 amide bonds. The van der Waals surface area contributed by atoms with Crippen molar-refractivity contribution in [3.63, 3.8) is 0 Å². The van der Waals surface area contributed by atoms with Gasteiger partial charge in [0.15, 0.2) is 10.8 Å². The van der Waals surface area contributed by atoms with Crippen LogP contribution in [0.5, 0.6) is 0 Å². The SMILES string of the molecule is CN1CCN(c2ccc3nnc(Sc4ccc5nc(N(C(=O)[O-])C(C)(C)C)sc5c4)n3n2)CC1. The van der Waals surface area contributed by atoms with Crippen molar-refractivity contribution in [3.05, 3.63) is 30.3 Å². The first kappa shape index (κ1) is 22.8. The number of benzene rings is 1. The highest BCUT2D eigenvalue weighted by atomic mass is 32.2. The molecule has 5 rings (SSSR count). The number of hydrogen-bond donors (Lipinski definition) is 0. The predicted molar refractivity (Wildman–Crippen MR) is 132 cm³/mol. The molecule has 12 heteroatoms. The average molecular weight is 498 g/mol. The van der Waals surface area contributed by atoms with Gasteiger partial charge in [-0.15, -0.1) is 15.3 Å². The molecule has 10 nitrogen and oxygen atoms in total. The van der Waals surface area contributed by atoms with E-state index in [-0.39, 0.29) is 0 Å². The van der Waals surface area contributed by atoms with E-state index in [9.17, 15) is 9.90 Å². The van der Waals surface area contributed by atoms with Gasteiger partial charge in [-0.25, -0.2) is 4.98 Å². The van der Waals surface area contributed by atoms with Crippen LogP contribution < -0.4 is 14.9 Å². The smallest absolute Gasteiger partial charge is 0.217 e. The highest BCUT2D eigenvalue weighted by molar-refractivity contribution is 7.99. The summed E-state index contributed by atoms with van der Waals surface area (Å²) in [5.74, 6) is 0.911. The van der Waals surface area contributed by atoms with Crippen LogP contribution in [0.4, 0.5) is 15.7 Å². The van der Waals surface area contributed by atoms with Gasteiger partial charge in [0.05, 0.1) is 10.2 Å². The number of carbonyl (C=O) groups is 1. The van der Waals surface area contributed by atoms with E-state index in [2.05, 4.69) is 32.0 Å². The van der Waals surface area contributed by atoms with Crippen molar-refractivity contribution in [3.8, 4) is 0 Å². The minimum Gasteiger partial charge on any atom is -0.530 e. The summed E-state index contributed by atoms with van der Waals surface area (Å²) in [6.07, 6.45) is -1.27. The van der Waals surface area contributed by atoms with Gasteiger partial charge >= 0.3 is 0 Å². The van der Waals surface area contributed by atoms with Crippen molar-refractivity contribution in [2.45, 2.75) is 36.4 Å². The summed E-state index contributed by atoms with van der Waals surface area (Å²) in [7, 11) is 2.13. The second-order valence-electron chi connectivity index (χ2n) is 9.23. The molecule has 4 heterocycles. The lowest BCUT2D eigenvalue weighted by Crippen LogP contribution is -2.52. The number of aromatic nitrogens is 5. The third-order valence-electron chi connectivity index (χ3n) is 5.65. The van der Waals surface area contributed by atoms with Crippen LogP contribution in [0.2, 0.25) is 0 Å². The fraction of sp³-hybridized carbons (Fsp3) is 0.409. The van der Waals surface area contributed by atoms with Gasteiger partial charge in [0.25, 0.3) is 0 Å². The van der Waals surface area contributed by atoms with E-state index in [1.54, 1.807) is 4.52 Å². The van der Waals surface area contributed by atoms with Crippen LogP contribution >= 0.6 is 23.1 Å². The monoisotopic (exact) mass is 497 g/mol. The van der Waals surface area contributed by atoms with Crippen molar-refractivity contribution < 1.29 is 9.90 Å². The van der Waals surface area contributed by atoms with E-state index in [1.807, 2.05) is 51.1 Å². The number of carbonyl (C=O) groups excluding carboxylic acids is 1. The fourth-order valence-corrected chi connectivity index (χ4v) is 5.91. The van der Waals surface area contributed by atoms with Gasteiger partial charge in [-0.2, -0.15) is 4.52 Å². The molecule has 0 spiro atoms. The molecule has 0 bridgehead atoms. The zero-order valence-electron chi connectivity index (χ0n) is 19.4. The van der Waals surface area contributed by atoms with Crippen LogP contribution in [-0.4, -0.2) is 74.6 Å². The fourth-order valence-electron chi connectivity index (χ4n) is 3.82. The molecule has 0 saturated carbocycles. The van der Waals surface area contributed by atoms with Crippen LogP contribution in [0, 0.1) is 0 Å². The first-order valence-electron chi connectivity index (χ1n) is 10.9. The lowest BCUT2D eigenvalue weighted by molar-refractivity contribution is -0.247. The molecule has 1 fully saturated rings. The number of piperazine rings is 1. The molecule has 3 aromatic heterocycles. The summed E-state index contributed by atoms with van der Waals surface area (Å²) in [6, 6.07) is 9.76. The molecule has 1 aliphatic heterocycles. The van der Waals surface area contributed by atoms with Gasteiger partial charge in [0.1, 0.15) is 11.9 Å². The summed E-state index contributed by atoms with van der Waals surface area (Å²) < 4.78 is 2.66. The van der Waals surface area contributed by atoms with Gasteiger partial charge in [-0.1, -0.05) is 11.3 Å². The summed E-state index contributed by atoms with van der Waals surface area (Å²) in [5, 5.41) is 26.2. The Kier molecular flexibility index (Phi) is 5.82. The highest BCUT2D eigenvalue weighted by Crippen LogP contribution is 2.36. The summed E-state index contributed by atoms with van der Waals surface area (Å²) in [6.45, 7) is 9.32. The number of hydrogen-bond acceptors (Lipinski definition) is 10. The number of likely N-dealkylation sites (N-methyl/N-ethyl adjacent to an activating group) is 1. The largest absolute Gasteiger partial charge is 0.530 e. The summed E-state index contributed by atoms with van der Waals surface area (Å²) in [4.78, 5) is 23.0. The molecule has 0 atom stereocenters. The molecule has 34 heavy (non-hydrogen) atoms. The van der Waals surface area contributed by atoms with Crippen LogP contribution in [-0.2, 0) is 0 Å². The molecule has 1 saturated heterocycles. The van der Waals surface area contributed by atoms with Gasteiger partial charge in [-0.3, -0.25) is 4.90 Å². The number of thiazole rings is 1. The van der Waals surface area contributed by atoms with Gasteiger partial charge < -0.3 is 19.7 Å². The molecule has 0 N–H and O–H groups in total. The molecular formula is C22H25N8O2S2-. The number of rotatable bonds is 4. The third kappa shape index (κ3) is 4.40. The van der Waals surface area contributed by atoms with Crippen LogP contribution in [0.3, 0.4) is 0 Å². The molecular weight excluding hydrogens is 472 g/mol. The Bertz CT molecular complexity index is 1350. The Balaban J connectivity index is 1.43. The molecule has 4 aromatic rings. The van der Waals surface area contributed by atoms with Crippen LogP contribution in [0.1, 0.15) is 20.8 Å². The standard InChI is InChI=1S/C22H26N8O2S2/c1-22(2,3)29(21(31)32)19-23-15-6-5-14(13-16(15)34-19)33-20-25-24-17-7-8-18(26-30(17)20)28-11-9-27(4)10-12-28/h5-8,13H,9-12H2,1-4H3,(H,31,32)/p-1. The molecule has 0 unspecified atom stereocenters. The summed E-state index contributed by atoms with van der Waals surface area (Å²) in [5.41, 5.74) is 0.774. The average Bonchev–Trinajstić information content (AvgIpc) is 3.36. The van der Waals surface area contributed by atoms with E-state index in [4.69, 9.17) is 5.10 Å². The van der Waals surface area contributed by atoms with E-state index in [0.717, 1.165) is 47.1 Å². The van der Waals surface area contributed by atoms with Crippen molar-refractivity contribution in [2.75, 3.05) is 43.0 Å². The molecule has 1 aromatic carbocycles. The zero-order valence-corrected chi connectivity index (χ0v) is 21.1. The lowest BCUT2D eigenvalue weighted by atomic mass is 10.1. The Hall–Kier alpha value is -2.96. The summed E-state index contributed by atoms with van der Waals surface area (Å²) >= 11 is 2.78. The first-order valence-corrected chi connectivity index (χ1v) is 12.6. The molecule has 178 valence electrons. The van der Waals surface area contributed by atoms with Crippen molar-refractivity contribution >= 4 is 56.0 Å². The number of amides is 1. The van der Waals surface area contributed by atoms with E-state index < -0.39 is 11.6 Å². The lowest BCUT2D eigenvalue weighted by Gasteiger charge is -2.35. The number of anilines is 2. The Morgan fingerprint density at radius 1 is 1.12 bits per heavy atom. The number of carboxylic acid groups (broad SMARTS) is 1. The predicted octanol–water partition coefficient (Wildman–Crippen LogP) is 2.59. The quantitative estimate of drug-likeness (QED) is 0.420. The van der Waals surface area contributed by atoms with Gasteiger partial charge in [0.2, 0.25) is 5.16 Å². The maximum absolute atomic E-state index is 11.7. The van der Waals surface area contributed by atoms with Gasteiger partial charge in [-0.05, 0) is 69.9 Å². The normalized spacial score (nSPS) is 15.4. The maximum atomic E-state index is 11.7. The van der Waals surface area contributed by atoms with Gasteiger partial charge in [0, 0.05) is 36.6 Å². The van der Waals surface area contributed by atoms with Crippen molar-refractivity contribution in [2.24, 2.45) is 0 Å². The van der Waals surface area contributed by atoms with Crippen molar-refractivity contribution in [1.82, 2.24) is 29.7 Å². The van der Waals surface area contributed by atoms with E-state index >= 15 is 0 Å². The second-order valence-corrected chi connectivity index (χ2v) is 11.3.